The average molecular weight is 364 g/mol. The number of carbonyl (C=O) groups is 1. The lowest BCUT2D eigenvalue weighted by molar-refractivity contribution is 0.102. The van der Waals surface area contributed by atoms with Crippen LogP contribution in [0.2, 0.25) is 0 Å². The topological polar surface area (TPSA) is 85.4 Å². The number of aromatic nitrogens is 2. The van der Waals surface area contributed by atoms with E-state index in [0.29, 0.717) is 29.6 Å². The minimum Gasteiger partial charge on any atom is -0.497 e. The second-order valence-corrected chi connectivity index (χ2v) is 5.53. The first-order valence-corrected chi connectivity index (χ1v) is 8.46. The van der Waals surface area contributed by atoms with E-state index >= 15 is 0 Å². The van der Waals surface area contributed by atoms with Crippen molar-refractivity contribution in [3.63, 3.8) is 0 Å². The fraction of sp³-hybridized carbons (Fsp3) is 0.150. The van der Waals surface area contributed by atoms with E-state index < -0.39 is 0 Å². The maximum absolute atomic E-state index is 12.4. The highest BCUT2D eigenvalue weighted by Crippen LogP contribution is 2.24. The van der Waals surface area contributed by atoms with Crippen molar-refractivity contribution in [2.45, 2.75) is 6.92 Å². The third kappa shape index (κ3) is 4.72. The molecule has 3 rings (SSSR count). The van der Waals surface area contributed by atoms with Gasteiger partial charge in [-0.05, 0) is 43.3 Å². The van der Waals surface area contributed by atoms with Gasteiger partial charge >= 0.3 is 0 Å². The predicted molar refractivity (Wildman–Crippen MR) is 104 cm³/mol. The Kier molecular flexibility index (Phi) is 5.84. The van der Waals surface area contributed by atoms with Crippen LogP contribution in [-0.4, -0.2) is 29.6 Å². The van der Waals surface area contributed by atoms with Gasteiger partial charge in [0.2, 0.25) is 5.95 Å². The zero-order valence-corrected chi connectivity index (χ0v) is 15.1. The molecule has 2 N–H and O–H groups in total. The Morgan fingerprint density at radius 2 is 1.74 bits per heavy atom. The van der Waals surface area contributed by atoms with Gasteiger partial charge in [-0.25, -0.2) is 9.97 Å². The van der Waals surface area contributed by atoms with Crippen LogP contribution in [0.25, 0.3) is 0 Å². The Bertz CT molecular complexity index is 896. The molecule has 0 atom stereocenters. The lowest BCUT2D eigenvalue weighted by atomic mass is 10.2. The van der Waals surface area contributed by atoms with Crippen molar-refractivity contribution >= 4 is 23.2 Å². The molecule has 0 aliphatic carbocycles. The van der Waals surface area contributed by atoms with E-state index in [1.807, 2.05) is 43.3 Å². The number of hydrogen-bond acceptors (Lipinski definition) is 6. The van der Waals surface area contributed by atoms with Crippen molar-refractivity contribution in [2.24, 2.45) is 0 Å². The molecule has 1 aromatic heterocycles. The Morgan fingerprint density at radius 1 is 1.04 bits per heavy atom. The van der Waals surface area contributed by atoms with Gasteiger partial charge in [-0.15, -0.1) is 0 Å². The Balaban J connectivity index is 1.66. The van der Waals surface area contributed by atoms with Crippen molar-refractivity contribution in [3.8, 4) is 11.5 Å². The SMILES string of the molecule is CCOc1ccccc1NC(=O)c1cnc(Nc2ccc(OC)cc2)nc1. The Morgan fingerprint density at radius 3 is 2.41 bits per heavy atom. The van der Waals surface area contributed by atoms with E-state index in [4.69, 9.17) is 9.47 Å². The fourth-order valence-corrected chi connectivity index (χ4v) is 2.36. The molecule has 7 heteroatoms. The van der Waals surface area contributed by atoms with Crippen LogP contribution >= 0.6 is 0 Å². The van der Waals surface area contributed by atoms with E-state index in [9.17, 15) is 4.79 Å². The summed E-state index contributed by atoms with van der Waals surface area (Å²) in [5.74, 6) is 1.47. The van der Waals surface area contributed by atoms with Gasteiger partial charge in [0.1, 0.15) is 11.5 Å². The van der Waals surface area contributed by atoms with Crippen LogP contribution in [0.5, 0.6) is 11.5 Å². The quantitative estimate of drug-likeness (QED) is 0.662. The molecular weight excluding hydrogens is 344 g/mol. The van der Waals surface area contributed by atoms with Gasteiger partial charge in [0.25, 0.3) is 5.91 Å². The highest BCUT2D eigenvalue weighted by atomic mass is 16.5. The third-order valence-corrected chi connectivity index (χ3v) is 3.70. The molecule has 0 fully saturated rings. The summed E-state index contributed by atoms with van der Waals surface area (Å²) < 4.78 is 10.6. The van der Waals surface area contributed by atoms with Gasteiger partial charge in [0, 0.05) is 18.1 Å². The molecule has 1 amide bonds. The first-order valence-electron chi connectivity index (χ1n) is 8.46. The van der Waals surface area contributed by atoms with E-state index in [1.54, 1.807) is 19.2 Å². The molecule has 0 spiro atoms. The largest absolute Gasteiger partial charge is 0.497 e. The maximum atomic E-state index is 12.4. The molecule has 0 saturated carbocycles. The molecule has 27 heavy (non-hydrogen) atoms. The maximum Gasteiger partial charge on any atom is 0.258 e. The average Bonchev–Trinajstić information content (AvgIpc) is 2.71. The molecule has 7 nitrogen and oxygen atoms in total. The summed E-state index contributed by atoms with van der Waals surface area (Å²) >= 11 is 0. The number of carbonyl (C=O) groups excluding carboxylic acids is 1. The van der Waals surface area contributed by atoms with Crippen LogP contribution in [0, 0.1) is 0 Å². The molecule has 0 radical (unpaired) electrons. The highest BCUT2D eigenvalue weighted by molar-refractivity contribution is 6.04. The molecule has 3 aromatic rings. The van der Waals surface area contributed by atoms with Gasteiger partial charge < -0.3 is 20.1 Å². The number of methoxy groups -OCH3 is 1. The highest BCUT2D eigenvalue weighted by Gasteiger charge is 2.11. The molecule has 1 heterocycles. The Hall–Kier alpha value is -3.61. The van der Waals surface area contributed by atoms with E-state index in [-0.39, 0.29) is 5.91 Å². The second-order valence-electron chi connectivity index (χ2n) is 5.53. The summed E-state index contributed by atoms with van der Waals surface area (Å²) in [5.41, 5.74) is 1.77. The van der Waals surface area contributed by atoms with E-state index in [2.05, 4.69) is 20.6 Å². The van der Waals surface area contributed by atoms with Crippen molar-refractivity contribution in [3.05, 3.63) is 66.5 Å². The van der Waals surface area contributed by atoms with Crippen LogP contribution in [0.15, 0.2) is 60.9 Å². The molecule has 138 valence electrons. The number of ether oxygens (including phenoxy) is 2. The van der Waals surface area contributed by atoms with Crippen molar-refractivity contribution in [1.29, 1.82) is 0 Å². The van der Waals surface area contributed by atoms with Crippen molar-refractivity contribution in [2.75, 3.05) is 24.4 Å². The number of hydrogen-bond donors (Lipinski definition) is 2. The van der Waals surface area contributed by atoms with E-state index in [0.717, 1.165) is 11.4 Å². The van der Waals surface area contributed by atoms with Crippen LogP contribution in [0.1, 0.15) is 17.3 Å². The minimum atomic E-state index is -0.307. The van der Waals surface area contributed by atoms with Crippen LogP contribution in [0.4, 0.5) is 17.3 Å². The summed E-state index contributed by atoms with van der Waals surface area (Å²) in [6.07, 6.45) is 2.94. The summed E-state index contributed by atoms with van der Waals surface area (Å²) in [4.78, 5) is 20.8. The van der Waals surface area contributed by atoms with Gasteiger partial charge in [-0.3, -0.25) is 4.79 Å². The molecular formula is C20H20N4O3. The lowest BCUT2D eigenvalue weighted by Gasteiger charge is -2.11. The molecule has 0 unspecified atom stereocenters. The molecule has 0 saturated heterocycles. The summed E-state index contributed by atoms with van der Waals surface area (Å²) in [5, 5.41) is 5.88. The zero-order valence-electron chi connectivity index (χ0n) is 15.1. The minimum absolute atomic E-state index is 0.307. The predicted octanol–water partition coefficient (Wildman–Crippen LogP) is 3.88. The van der Waals surface area contributed by atoms with Crippen molar-refractivity contribution < 1.29 is 14.3 Å². The normalized spacial score (nSPS) is 10.1. The number of amides is 1. The number of nitrogens with zero attached hydrogens (tertiary/aromatic N) is 2. The monoisotopic (exact) mass is 364 g/mol. The number of anilines is 3. The van der Waals surface area contributed by atoms with Crippen molar-refractivity contribution in [1.82, 2.24) is 9.97 Å². The first-order chi connectivity index (χ1) is 13.2. The van der Waals surface area contributed by atoms with Gasteiger partial charge in [0.05, 0.1) is 25.0 Å². The number of nitrogens with one attached hydrogen (secondary N) is 2. The standard InChI is InChI=1S/C20H20N4O3/c1-3-27-18-7-5-4-6-17(18)24-19(25)14-12-21-20(22-13-14)23-15-8-10-16(26-2)11-9-15/h4-13H,3H2,1-2H3,(H,24,25)(H,21,22,23). The van der Waals surface area contributed by atoms with Gasteiger partial charge in [0.15, 0.2) is 0 Å². The number of para-hydroxylation sites is 2. The van der Waals surface area contributed by atoms with E-state index in [1.165, 1.54) is 12.4 Å². The number of benzene rings is 2. The Labute approximate surface area is 157 Å². The first kappa shape index (κ1) is 18.2. The summed E-state index contributed by atoms with van der Waals surface area (Å²) in [6.45, 7) is 2.41. The van der Waals surface area contributed by atoms with Gasteiger partial charge in [-0.1, -0.05) is 12.1 Å². The van der Waals surface area contributed by atoms with Gasteiger partial charge in [-0.2, -0.15) is 0 Å². The number of rotatable bonds is 7. The van der Waals surface area contributed by atoms with Crippen LogP contribution in [-0.2, 0) is 0 Å². The molecule has 0 aliphatic heterocycles. The molecule has 0 bridgehead atoms. The zero-order chi connectivity index (χ0) is 19.1. The molecule has 0 aliphatic rings. The van der Waals surface area contributed by atoms with Crippen LogP contribution < -0.4 is 20.1 Å². The fourth-order valence-electron chi connectivity index (χ4n) is 2.36. The second kappa shape index (κ2) is 8.66. The van der Waals surface area contributed by atoms with Crippen LogP contribution in [0.3, 0.4) is 0 Å². The smallest absolute Gasteiger partial charge is 0.258 e. The summed E-state index contributed by atoms with van der Waals surface area (Å²) in [6, 6.07) is 14.6. The third-order valence-electron chi connectivity index (χ3n) is 3.70. The lowest BCUT2D eigenvalue weighted by Crippen LogP contribution is -2.14. The summed E-state index contributed by atoms with van der Waals surface area (Å²) in [7, 11) is 1.61. The molecule has 2 aromatic carbocycles.